The minimum absolute atomic E-state index is 0.0573. The lowest BCUT2D eigenvalue weighted by molar-refractivity contribution is -0.124. The molecule has 1 heterocycles. The van der Waals surface area contributed by atoms with Crippen molar-refractivity contribution in [1.29, 1.82) is 0 Å². The van der Waals surface area contributed by atoms with Crippen LogP contribution in [0.15, 0.2) is 48.5 Å². The minimum Gasteiger partial charge on any atom is -0.482 e. The minimum atomic E-state index is -0.262. The van der Waals surface area contributed by atoms with Crippen LogP contribution in [0.25, 0.3) is 0 Å². The van der Waals surface area contributed by atoms with E-state index in [-0.39, 0.29) is 25.0 Å². The fraction of sp³-hybridized carbons (Fsp3) is 0.222. The SMILES string of the molecule is CCN(C(=O)CN1C(=O)COc2ccc(Cl)cc21)c1ccccc1. The summed E-state index contributed by atoms with van der Waals surface area (Å²) in [6, 6.07) is 14.4. The Morgan fingerprint density at radius 3 is 2.71 bits per heavy atom. The summed E-state index contributed by atoms with van der Waals surface area (Å²) < 4.78 is 5.40. The van der Waals surface area contributed by atoms with Gasteiger partial charge in [-0.05, 0) is 37.3 Å². The Bertz CT molecular complexity index is 764. The first-order valence-electron chi connectivity index (χ1n) is 7.68. The number of likely N-dealkylation sites (N-methyl/N-ethyl adjacent to an activating group) is 1. The molecule has 6 heteroatoms. The molecule has 1 aliphatic heterocycles. The molecule has 0 saturated carbocycles. The van der Waals surface area contributed by atoms with Crippen molar-refractivity contribution in [1.82, 2.24) is 0 Å². The van der Waals surface area contributed by atoms with Crippen molar-refractivity contribution in [3.63, 3.8) is 0 Å². The van der Waals surface area contributed by atoms with E-state index in [9.17, 15) is 9.59 Å². The number of nitrogens with zero attached hydrogens (tertiary/aromatic N) is 2. The van der Waals surface area contributed by atoms with Crippen LogP contribution in [0.1, 0.15) is 6.92 Å². The highest BCUT2D eigenvalue weighted by atomic mass is 35.5. The molecule has 2 aromatic carbocycles. The molecule has 0 spiro atoms. The maximum Gasteiger partial charge on any atom is 0.265 e. The Morgan fingerprint density at radius 2 is 2.00 bits per heavy atom. The molecule has 5 nitrogen and oxygen atoms in total. The highest BCUT2D eigenvalue weighted by molar-refractivity contribution is 6.31. The number of ether oxygens (including phenoxy) is 1. The number of halogens is 1. The van der Waals surface area contributed by atoms with Gasteiger partial charge in [-0.2, -0.15) is 0 Å². The largest absolute Gasteiger partial charge is 0.482 e. The molecule has 0 radical (unpaired) electrons. The number of anilines is 2. The second-order valence-electron chi connectivity index (χ2n) is 5.35. The molecular weight excluding hydrogens is 328 g/mol. The van der Waals surface area contributed by atoms with Crippen LogP contribution in [0, 0.1) is 0 Å². The monoisotopic (exact) mass is 344 g/mol. The number of carbonyl (C=O) groups excluding carboxylic acids is 2. The molecule has 0 aromatic heterocycles. The van der Waals surface area contributed by atoms with Crippen LogP contribution in [0.5, 0.6) is 5.75 Å². The lowest BCUT2D eigenvalue weighted by atomic mass is 10.2. The van der Waals surface area contributed by atoms with Crippen LogP contribution >= 0.6 is 11.6 Å². The molecule has 0 saturated heterocycles. The van der Waals surface area contributed by atoms with Gasteiger partial charge in [-0.15, -0.1) is 0 Å². The van der Waals surface area contributed by atoms with Gasteiger partial charge in [0.15, 0.2) is 6.61 Å². The van der Waals surface area contributed by atoms with Crippen molar-refractivity contribution in [2.75, 3.05) is 29.5 Å². The summed E-state index contributed by atoms with van der Waals surface area (Å²) in [5, 5.41) is 0.486. The van der Waals surface area contributed by atoms with Gasteiger partial charge >= 0.3 is 0 Å². The Balaban J connectivity index is 1.86. The molecule has 2 amide bonds. The third-order valence-electron chi connectivity index (χ3n) is 3.84. The van der Waals surface area contributed by atoms with E-state index < -0.39 is 0 Å². The zero-order valence-corrected chi connectivity index (χ0v) is 14.0. The molecule has 24 heavy (non-hydrogen) atoms. The molecule has 1 aliphatic rings. The number of para-hydroxylation sites is 1. The summed E-state index contributed by atoms with van der Waals surface area (Å²) in [5.41, 5.74) is 1.33. The van der Waals surface area contributed by atoms with Gasteiger partial charge in [-0.1, -0.05) is 29.8 Å². The Hall–Kier alpha value is -2.53. The summed E-state index contributed by atoms with van der Waals surface area (Å²) in [6.07, 6.45) is 0. The van der Waals surface area contributed by atoms with Crippen LogP contribution in [0.4, 0.5) is 11.4 Å². The molecule has 0 fully saturated rings. The van der Waals surface area contributed by atoms with Crippen LogP contribution in [0.2, 0.25) is 5.02 Å². The van der Waals surface area contributed by atoms with Gasteiger partial charge in [0.05, 0.1) is 5.69 Å². The van der Waals surface area contributed by atoms with Crippen LogP contribution in [-0.2, 0) is 9.59 Å². The van der Waals surface area contributed by atoms with Crippen LogP contribution in [-0.4, -0.2) is 31.5 Å². The number of carbonyl (C=O) groups is 2. The summed E-state index contributed by atoms with van der Waals surface area (Å²) in [4.78, 5) is 28.1. The number of hydrogen-bond acceptors (Lipinski definition) is 3. The van der Waals surface area contributed by atoms with Gasteiger partial charge < -0.3 is 9.64 Å². The molecule has 3 rings (SSSR count). The molecule has 0 atom stereocenters. The van der Waals surface area contributed by atoms with E-state index >= 15 is 0 Å². The summed E-state index contributed by atoms with van der Waals surface area (Å²) >= 11 is 6.02. The maximum atomic E-state index is 12.7. The standard InChI is InChI=1S/C18H17ClN2O3/c1-2-20(14-6-4-3-5-7-14)17(22)11-21-15-10-13(19)8-9-16(15)24-12-18(21)23/h3-10H,2,11-12H2,1H3. The van der Waals surface area contributed by atoms with Crippen molar-refractivity contribution in [3.05, 3.63) is 53.6 Å². The van der Waals surface area contributed by atoms with Gasteiger partial charge in [-0.25, -0.2) is 0 Å². The van der Waals surface area contributed by atoms with Gasteiger partial charge in [0.2, 0.25) is 5.91 Å². The van der Waals surface area contributed by atoms with E-state index in [1.165, 1.54) is 4.90 Å². The molecular formula is C18H17ClN2O3. The number of fused-ring (bicyclic) bond motifs is 1. The lowest BCUT2D eigenvalue weighted by Crippen LogP contribution is -2.46. The van der Waals surface area contributed by atoms with Gasteiger partial charge in [0.1, 0.15) is 12.3 Å². The number of rotatable bonds is 4. The third-order valence-corrected chi connectivity index (χ3v) is 4.08. The average Bonchev–Trinajstić information content (AvgIpc) is 2.59. The lowest BCUT2D eigenvalue weighted by Gasteiger charge is -2.31. The van der Waals surface area contributed by atoms with E-state index in [1.807, 2.05) is 37.3 Å². The second-order valence-corrected chi connectivity index (χ2v) is 5.79. The van der Waals surface area contributed by atoms with Gasteiger partial charge in [-0.3, -0.25) is 14.5 Å². The molecule has 2 aromatic rings. The molecule has 0 N–H and O–H groups in total. The fourth-order valence-corrected chi connectivity index (χ4v) is 2.85. The number of amides is 2. The van der Waals surface area contributed by atoms with Crippen molar-refractivity contribution in [2.45, 2.75) is 6.92 Å². The van der Waals surface area contributed by atoms with Crippen molar-refractivity contribution < 1.29 is 14.3 Å². The van der Waals surface area contributed by atoms with Crippen molar-refractivity contribution in [3.8, 4) is 5.75 Å². The van der Waals surface area contributed by atoms with E-state index in [0.29, 0.717) is 23.0 Å². The molecule has 0 bridgehead atoms. The van der Waals surface area contributed by atoms with Crippen LogP contribution < -0.4 is 14.5 Å². The predicted octanol–water partition coefficient (Wildman–Crippen LogP) is 3.12. The summed E-state index contributed by atoms with van der Waals surface area (Å²) in [6.45, 7) is 2.28. The highest BCUT2D eigenvalue weighted by Gasteiger charge is 2.29. The average molecular weight is 345 g/mol. The number of benzene rings is 2. The molecule has 124 valence electrons. The van der Waals surface area contributed by atoms with E-state index in [4.69, 9.17) is 16.3 Å². The summed E-state index contributed by atoms with van der Waals surface area (Å²) in [5.74, 6) is 0.127. The van der Waals surface area contributed by atoms with Gasteiger partial charge in [0.25, 0.3) is 5.91 Å². The van der Waals surface area contributed by atoms with E-state index in [2.05, 4.69) is 0 Å². The van der Waals surface area contributed by atoms with Crippen LogP contribution in [0.3, 0.4) is 0 Å². The second kappa shape index (κ2) is 6.93. The van der Waals surface area contributed by atoms with E-state index in [1.54, 1.807) is 23.1 Å². The molecule has 0 unspecified atom stereocenters. The first-order chi connectivity index (χ1) is 11.6. The normalized spacial score (nSPS) is 13.2. The van der Waals surface area contributed by atoms with Crippen molar-refractivity contribution in [2.24, 2.45) is 0 Å². The highest BCUT2D eigenvalue weighted by Crippen LogP contribution is 2.34. The zero-order chi connectivity index (χ0) is 17.1. The Kier molecular flexibility index (Phi) is 4.71. The Labute approximate surface area is 145 Å². The topological polar surface area (TPSA) is 49.9 Å². The summed E-state index contributed by atoms with van der Waals surface area (Å²) in [7, 11) is 0. The number of hydrogen-bond donors (Lipinski definition) is 0. The smallest absolute Gasteiger partial charge is 0.265 e. The Morgan fingerprint density at radius 1 is 1.25 bits per heavy atom. The third kappa shape index (κ3) is 3.21. The van der Waals surface area contributed by atoms with Crippen molar-refractivity contribution >= 4 is 34.8 Å². The fourth-order valence-electron chi connectivity index (χ4n) is 2.68. The predicted molar refractivity (Wildman–Crippen MR) is 93.8 cm³/mol. The van der Waals surface area contributed by atoms with E-state index in [0.717, 1.165) is 5.69 Å². The van der Waals surface area contributed by atoms with Gasteiger partial charge in [0, 0.05) is 17.3 Å². The zero-order valence-electron chi connectivity index (χ0n) is 13.2. The molecule has 0 aliphatic carbocycles. The maximum absolute atomic E-state index is 12.7. The first kappa shape index (κ1) is 16.3. The quantitative estimate of drug-likeness (QED) is 0.856. The first-order valence-corrected chi connectivity index (χ1v) is 8.06.